The van der Waals surface area contributed by atoms with Crippen LogP contribution in [0.15, 0.2) is 48.5 Å². The van der Waals surface area contributed by atoms with Crippen molar-refractivity contribution >= 4 is 17.6 Å². The first-order valence-electron chi connectivity index (χ1n) is 7.11. The zero-order valence-electron chi connectivity index (χ0n) is 12.9. The van der Waals surface area contributed by atoms with Gasteiger partial charge in [0.05, 0.1) is 5.56 Å². The van der Waals surface area contributed by atoms with Gasteiger partial charge in [0.15, 0.2) is 6.10 Å². The summed E-state index contributed by atoms with van der Waals surface area (Å²) >= 11 is 0. The molecule has 0 bridgehead atoms. The molecular formula is C18H19NO3. The molecule has 4 nitrogen and oxygen atoms in total. The van der Waals surface area contributed by atoms with Gasteiger partial charge in [0.1, 0.15) is 0 Å². The number of benzene rings is 2. The van der Waals surface area contributed by atoms with Crippen molar-refractivity contribution in [2.45, 2.75) is 26.9 Å². The maximum atomic E-state index is 12.1. The third kappa shape index (κ3) is 4.19. The second-order valence-corrected chi connectivity index (χ2v) is 5.28. The summed E-state index contributed by atoms with van der Waals surface area (Å²) in [6.45, 7) is 5.38. The van der Waals surface area contributed by atoms with Crippen LogP contribution in [0.5, 0.6) is 0 Å². The van der Waals surface area contributed by atoms with Gasteiger partial charge in [-0.2, -0.15) is 0 Å². The van der Waals surface area contributed by atoms with Crippen LogP contribution in [-0.2, 0) is 9.53 Å². The molecule has 1 atom stereocenters. The number of hydrogen-bond acceptors (Lipinski definition) is 3. The average molecular weight is 297 g/mol. The van der Waals surface area contributed by atoms with E-state index in [1.165, 1.54) is 0 Å². The molecule has 0 aliphatic rings. The Kier molecular flexibility index (Phi) is 4.94. The SMILES string of the molecule is Cc1cc(C)cc(C(=O)OC(C)C(=O)Nc2ccccc2)c1. The fourth-order valence-corrected chi connectivity index (χ4v) is 2.14. The molecule has 4 heteroatoms. The number of anilines is 1. The first kappa shape index (κ1) is 15.8. The van der Waals surface area contributed by atoms with E-state index in [1.807, 2.05) is 38.1 Å². The van der Waals surface area contributed by atoms with Crippen LogP contribution in [-0.4, -0.2) is 18.0 Å². The Morgan fingerprint density at radius 2 is 1.59 bits per heavy atom. The van der Waals surface area contributed by atoms with Crippen LogP contribution < -0.4 is 5.32 Å². The quantitative estimate of drug-likeness (QED) is 0.879. The zero-order chi connectivity index (χ0) is 16.1. The van der Waals surface area contributed by atoms with Gasteiger partial charge in [0.2, 0.25) is 0 Å². The highest BCUT2D eigenvalue weighted by Gasteiger charge is 2.19. The molecule has 22 heavy (non-hydrogen) atoms. The maximum Gasteiger partial charge on any atom is 0.338 e. The maximum absolute atomic E-state index is 12.1. The fraction of sp³-hybridized carbons (Fsp3) is 0.222. The minimum atomic E-state index is -0.867. The van der Waals surface area contributed by atoms with Crippen LogP contribution in [0, 0.1) is 13.8 Å². The summed E-state index contributed by atoms with van der Waals surface area (Å²) in [5.41, 5.74) is 3.08. The number of nitrogens with one attached hydrogen (secondary N) is 1. The largest absolute Gasteiger partial charge is 0.449 e. The van der Waals surface area contributed by atoms with Gasteiger partial charge in [-0.1, -0.05) is 35.4 Å². The van der Waals surface area contributed by atoms with Crippen molar-refractivity contribution in [2.24, 2.45) is 0 Å². The first-order chi connectivity index (χ1) is 10.5. The molecule has 1 amide bonds. The van der Waals surface area contributed by atoms with Crippen molar-refractivity contribution in [3.63, 3.8) is 0 Å². The van der Waals surface area contributed by atoms with Gasteiger partial charge in [-0.25, -0.2) is 4.79 Å². The van der Waals surface area contributed by atoms with E-state index in [-0.39, 0.29) is 5.91 Å². The number of rotatable bonds is 4. The second-order valence-electron chi connectivity index (χ2n) is 5.28. The van der Waals surface area contributed by atoms with Crippen molar-refractivity contribution in [1.29, 1.82) is 0 Å². The number of aryl methyl sites for hydroxylation is 2. The highest BCUT2D eigenvalue weighted by atomic mass is 16.5. The van der Waals surface area contributed by atoms with Gasteiger partial charge in [0.25, 0.3) is 5.91 Å². The molecule has 2 rings (SSSR count). The number of hydrogen-bond donors (Lipinski definition) is 1. The molecule has 0 aliphatic heterocycles. The van der Waals surface area contributed by atoms with E-state index in [0.29, 0.717) is 11.3 Å². The molecular weight excluding hydrogens is 278 g/mol. The van der Waals surface area contributed by atoms with Crippen molar-refractivity contribution in [3.8, 4) is 0 Å². The van der Waals surface area contributed by atoms with Gasteiger partial charge < -0.3 is 10.1 Å². The van der Waals surface area contributed by atoms with Gasteiger partial charge in [-0.15, -0.1) is 0 Å². The lowest BCUT2D eigenvalue weighted by Gasteiger charge is -2.14. The van der Waals surface area contributed by atoms with Crippen LogP contribution in [0.25, 0.3) is 0 Å². The summed E-state index contributed by atoms with van der Waals surface area (Å²) in [7, 11) is 0. The molecule has 1 unspecified atom stereocenters. The highest BCUT2D eigenvalue weighted by molar-refractivity contribution is 5.97. The molecule has 0 spiro atoms. The van der Waals surface area contributed by atoms with Crippen LogP contribution in [0.4, 0.5) is 5.69 Å². The zero-order valence-corrected chi connectivity index (χ0v) is 12.9. The predicted molar refractivity (Wildman–Crippen MR) is 85.9 cm³/mol. The van der Waals surface area contributed by atoms with Gasteiger partial charge in [0, 0.05) is 5.69 Å². The Labute approximate surface area is 130 Å². The molecule has 0 aliphatic carbocycles. The third-order valence-electron chi connectivity index (χ3n) is 3.15. The highest BCUT2D eigenvalue weighted by Crippen LogP contribution is 2.12. The summed E-state index contributed by atoms with van der Waals surface area (Å²) < 4.78 is 5.23. The monoisotopic (exact) mass is 297 g/mol. The lowest BCUT2D eigenvalue weighted by molar-refractivity contribution is -0.123. The van der Waals surface area contributed by atoms with Gasteiger partial charge >= 0.3 is 5.97 Å². The lowest BCUT2D eigenvalue weighted by Crippen LogP contribution is -2.30. The Bertz CT molecular complexity index is 660. The van der Waals surface area contributed by atoms with Crippen molar-refractivity contribution < 1.29 is 14.3 Å². The van der Waals surface area contributed by atoms with E-state index in [0.717, 1.165) is 11.1 Å². The topological polar surface area (TPSA) is 55.4 Å². The van der Waals surface area contributed by atoms with Crippen LogP contribution in [0.2, 0.25) is 0 Å². The first-order valence-corrected chi connectivity index (χ1v) is 7.11. The molecule has 0 saturated heterocycles. The molecule has 0 saturated carbocycles. The van der Waals surface area contributed by atoms with E-state index in [4.69, 9.17) is 4.74 Å². The Morgan fingerprint density at radius 1 is 1.00 bits per heavy atom. The third-order valence-corrected chi connectivity index (χ3v) is 3.15. The smallest absolute Gasteiger partial charge is 0.338 e. The number of ether oxygens (including phenoxy) is 1. The minimum Gasteiger partial charge on any atom is -0.449 e. The van der Waals surface area contributed by atoms with E-state index in [2.05, 4.69) is 5.32 Å². The molecule has 0 radical (unpaired) electrons. The van der Waals surface area contributed by atoms with Crippen LogP contribution in [0.3, 0.4) is 0 Å². The van der Waals surface area contributed by atoms with Crippen molar-refractivity contribution in [1.82, 2.24) is 0 Å². The number of carbonyl (C=O) groups excluding carboxylic acids is 2. The van der Waals surface area contributed by atoms with E-state index in [9.17, 15) is 9.59 Å². The normalized spacial score (nSPS) is 11.6. The minimum absolute atomic E-state index is 0.357. The predicted octanol–water partition coefficient (Wildman–Crippen LogP) is 3.49. The average Bonchev–Trinajstić information content (AvgIpc) is 2.47. The van der Waals surface area contributed by atoms with Gasteiger partial charge in [-0.05, 0) is 45.0 Å². The number of para-hydroxylation sites is 1. The summed E-state index contributed by atoms with van der Waals surface area (Å²) in [6.07, 6.45) is -0.867. The Hall–Kier alpha value is -2.62. The van der Waals surface area contributed by atoms with Gasteiger partial charge in [-0.3, -0.25) is 4.79 Å². The summed E-state index contributed by atoms with van der Waals surface area (Å²) in [4.78, 5) is 24.1. The van der Waals surface area contributed by atoms with Crippen molar-refractivity contribution in [3.05, 3.63) is 65.2 Å². The summed E-state index contributed by atoms with van der Waals surface area (Å²) in [5.74, 6) is -0.855. The van der Waals surface area contributed by atoms with Crippen molar-refractivity contribution in [2.75, 3.05) is 5.32 Å². The Morgan fingerprint density at radius 3 is 2.18 bits per heavy atom. The molecule has 0 aromatic heterocycles. The van der Waals surface area contributed by atoms with E-state index >= 15 is 0 Å². The number of amides is 1. The summed E-state index contributed by atoms with van der Waals surface area (Å²) in [6, 6.07) is 14.5. The molecule has 2 aromatic carbocycles. The lowest BCUT2D eigenvalue weighted by atomic mass is 10.1. The van der Waals surface area contributed by atoms with E-state index < -0.39 is 12.1 Å². The standard InChI is InChI=1S/C18H19NO3/c1-12-9-13(2)11-15(10-12)18(21)22-14(3)17(20)19-16-7-5-4-6-8-16/h4-11,14H,1-3H3,(H,19,20). The van der Waals surface area contributed by atoms with Crippen LogP contribution >= 0.6 is 0 Å². The molecule has 0 heterocycles. The van der Waals surface area contributed by atoms with Crippen LogP contribution in [0.1, 0.15) is 28.4 Å². The second kappa shape index (κ2) is 6.89. The number of esters is 1. The Balaban J connectivity index is 2.00. The molecule has 2 aromatic rings. The fourth-order valence-electron chi connectivity index (χ4n) is 2.14. The molecule has 1 N–H and O–H groups in total. The molecule has 0 fully saturated rings. The van der Waals surface area contributed by atoms with E-state index in [1.54, 1.807) is 31.2 Å². The molecule has 114 valence electrons. The summed E-state index contributed by atoms with van der Waals surface area (Å²) in [5, 5.41) is 2.71. The number of carbonyl (C=O) groups is 2.